The van der Waals surface area contributed by atoms with Crippen molar-refractivity contribution >= 4 is 0 Å². The molecule has 22 heavy (non-hydrogen) atoms. The van der Waals surface area contributed by atoms with Crippen LogP contribution in [-0.2, 0) is 33.7 Å². The van der Waals surface area contributed by atoms with Gasteiger partial charge >= 0.3 is 0 Å². The summed E-state index contributed by atoms with van der Waals surface area (Å²) in [7, 11) is 4.03. The monoisotopic (exact) mass is 296 g/mol. The molecule has 3 aromatic rings. The number of rotatable bonds is 6. The Balaban J connectivity index is 1.78. The number of hydrogen-bond donors (Lipinski definition) is 0. The molecule has 0 saturated heterocycles. The fourth-order valence-electron chi connectivity index (χ4n) is 2.39. The summed E-state index contributed by atoms with van der Waals surface area (Å²) in [4.78, 5) is 15.6. The van der Waals surface area contributed by atoms with Crippen molar-refractivity contribution in [3.63, 3.8) is 0 Å². The van der Waals surface area contributed by atoms with Gasteiger partial charge in [-0.2, -0.15) is 0 Å². The smallest absolute Gasteiger partial charge is 0.122 e. The SMILES string of the molecule is Cn1ccnc1CN(Cc1ccccn1)Cc1nccn1C. The number of hydrogen-bond acceptors (Lipinski definition) is 4. The second-order valence-corrected chi connectivity index (χ2v) is 5.37. The van der Waals surface area contributed by atoms with E-state index in [2.05, 4.69) is 19.9 Å². The molecule has 0 aliphatic heterocycles. The highest BCUT2D eigenvalue weighted by Crippen LogP contribution is 2.11. The van der Waals surface area contributed by atoms with Gasteiger partial charge in [0.05, 0.1) is 18.8 Å². The van der Waals surface area contributed by atoms with Gasteiger partial charge in [-0.1, -0.05) is 6.07 Å². The van der Waals surface area contributed by atoms with E-state index in [0.717, 1.165) is 37.0 Å². The summed E-state index contributed by atoms with van der Waals surface area (Å²) in [6.07, 6.45) is 9.42. The van der Waals surface area contributed by atoms with Gasteiger partial charge in [0.1, 0.15) is 11.6 Å². The van der Waals surface area contributed by atoms with Crippen molar-refractivity contribution in [1.29, 1.82) is 0 Å². The Bertz CT molecular complexity index is 673. The van der Waals surface area contributed by atoms with Gasteiger partial charge in [0.25, 0.3) is 0 Å². The van der Waals surface area contributed by atoms with Gasteiger partial charge in [-0.3, -0.25) is 9.88 Å². The van der Waals surface area contributed by atoms with Gasteiger partial charge in [0, 0.05) is 51.6 Å². The predicted octanol–water partition coefficient (Wildman–Crippen LogP) is 1.75. The molecule has 0 aliphatic carbocycles. The maximum atomic E-state index is 4.43. The van der Waals surface area contributed by atoms with E-state index in [9.17, 15) is 0 Å². The summed E-state index contributed by atoms with van der Waals surface area (Å²) in [6.45, 7) is 2.28. The van der Waals surface area contributed by atoms with Crippen LogP contribution in [0.25, 0.3) is 0 Å². The molecule has 3 heterocycles. The highest BCUT2D eigenvalue weighted by molar-refractivity contribution is 5.04. The summed E-state index contributed by atoms with van der Waals surface area (Å²) in [6, 6.07) is 6.00. The standard InChI is InChI=1S/C16H20N6/c1-20-9-7-18-15(20)12-22(11-14-5-3-4-6-17-14)13-16-19-8-10-21(16)2/h3-10H,11-13H2,1-2H3. The first-order chi connectivity index (χ1) is 10.7. The second-order valence-electron chi connectivity index (χ2n) is 5.37. The molecule has 0 amide bonds. The molecular formula is C16H20N6. The highest BCUT2D eigenvalue weighted by atomic mass is 15.2. The zero-order valence-electron chi connectivity index (χ0n) is 12.9. The van der Waals surface area contributed by atoms with E-state index in [0.29, 0.717) is 0 Å². The Hall–Kier alpha value is -2.47. The molecule has 0 spiro atoms. The molecular weight excluding hydrogens is 276 g/mol. The van der Waals surface area contributed by atoms with Crippen molar-refractivity contribution in [2.24, 2.45) is 14.1 Å². The molecule has 0 unspecified atom stereocenters. The minimum absolute atomic E-state index is 0.757. The lowest BCUT2D eigenvalue weighted by Crippen LogP contribution is -2.26. The van der Waals surface area contributed by atoms with Gasteiger partial charge in [-0.25, -0.2) is 9.97 Å². The third-order valence-electron chi connectivity index (χ3n) is 3.68. The third kappa shape index (κ3) is 3.40. The molecule has 6 nitrogen and oxygen atoms in total. The number of pyridine rings is 1. The van der Waals surface area contributed by atoms with Crippen LogP contribution in [0.4, 0.5) is 0 Å². The van der Waals surface area contributed by atoms with E-state index in [1.165, 1.54) is 0 Å². The minimum atomic E-state index is 0.757. The summed E-state index contributed by atoms with van der Waals surface area (Å²) in [5.74, 6) is 2.07. The molecule has 0 bridgehead atoms. The van der Waals surface area contributed by atoms with Crippen LogP contribution < -0.4 is 0 Å². The minimum Gasteiger partial charge on any atom is -0.337 e. The van der Waals surface area contributed by atoms with Crippen molar-refractivity contribution in [2.45, 2.75) is 19.6 Å². The van der Waals surface area contributed by atoms with E-state index < -0.39 is 0 Å². The van der Waals surface area contributed by atoms with Gasteiger partial charge in [0.15, 0.2) is 0 Å². The molecule has 0 fully saturated rings. The van der Waals surface area contributed by atoms with E-state index >= 15 is 0 Å². The fourth-order valence-corrected chi connectivity index (χ4v) is 2.39. The summed E-state index contributed by atoms with van der Waals surface area (Å²) < 4.78 is 4.09. The maximum absolute atomic E-state index is 4.43. The van der Waals surface area contributed by atoms with Crippen LogP contribution in [-0.4, -0.2) is 29.0 Å². The Labute approximate surface area is 130 Å². The zero-order chi connectivity index (χ0) is 15.4. The highest BCUT2D eigenvalue weighted by Gasteiger charge is 2.13. The lowest BCUT2D eigenvalue weighted by atomic mass is 10.3. The van der Waals surface area contributed by atoms with Crippen LogP contribution in [0.1, 0.15) is 17.3 Å². The van der Waals surface area contributed by atoms with Crippen molar-refractivity contribution < 1.29 is 0 Å². The van der Waals surface area contributed by atoms with Crippen molar-refractivity contribution in [1.82, 2.24) is 29.0 Å². The van der Waals surface area contributed by atoms with Crippen LogP contribution in [0, 0.1) is 0 Å². The first-order valence-corrected chi connectivity index (χ1v) is 7.27. The van der Waals surface area contributed by atoms with E-state index in [1.807, 2.05) is 72.4 Å². The topological polar surface area (TPSA) is 51.8 Å². The molecule has 6 heteroatoms. The molecule has 0 aromatic carbocycles. The molecule has 0 saturated carbocycles. The molecule has 3 aromatic heterocycles. The fraction of sp³-hybridized carbons (Fsp3) is 0.312. The van der Waals surface area contributed by atoms with Crippen LogP contribution in [0.15, 0.2) is 49.2 Å². The van der Waals surface area contributed by atoms with Gasteiger partial charge in [-0.15, -0.1) is 0 Å². The lowest BCUT2D eigenvalue weighted by molar-refractivity contribution is 0.228. The summed E-state index contributed by atoms with van der Waals surface area (Å²) in [5, 5.41) is 0. The van der Waals surface area contributed by atoms with Crippen molar-refractivity contribution in [3.05, 3.63) is 66.5 Å². The van der Waals surface area contributed by atoms with Crippen LogP contribution >= 0.6 is 0 Å². The summed E-state index contributed by atoms with van der Waals surface area (Å²) in [5.41, 5.74) is 1.05. The van der Waals surface area contributed by atoms with E-state index in [1.54, 1.807) is 0 Å². The third-order valence-corrected chi connectivity index (χ3v) is 3.68. The Morgan fingerprint density at radius 1 is 0.818 bits per heavy atom. The van der Waals surface area contributed by atoms with Gasteiger partial charge in [-0.05, 0) is 12.1 Å². The first kappa shape index (κ1) is 14.5. The van der Waals surface area contributed by atoms with Gasteiger partial charge in [0.2, 0.25) is 0 Å². The zero-order valence-corrected chi connectivity index (χ0v) is 12.9. The molecule has 0 N–H and O–H groups in total. The predicted molar refractivity (Wildman–Crippen MR) is 83.6 cm³/mol. The molecule has 0 radical (unpaired) electrons. The summed E-state index contributed by atoms with van der Waals surface area (Å²) >= 11 is 0. The van der Waals surface area contributed by atoms with Crippen molar-refractivity contribution in [3.8, 4) is 0 Å². The molecule has 0 aliphatic rings. The van der Waals surface area contributed by atoms with E-state index in [-0.39, 0.29) is 0 Å². The number of nitrogens with zero attached hydrogens (tertiary/aromatic N) is 6. The Kier molecular flexibility index (Phi) is 4.29. The van der Waals surface area contributed by atoms with Crippen LogP contribution in [0.2, 0.25) is 0 Å². The number of aromatic nitrogens is 5. The van der Waals surface area contributed by atoms with Crippen molar-refractivity contribution in [2.75, 3.05) is 0 Å². The average Bonchev–Trinajstić information content (AvgIpc) is 3.10. The lowest BCUT2D eigenvalue weighted by Gasteiger charge is -2.21. The molecule has 114 valence electrons. The average molecular weight is 296 g/mol. The number of imidazole rings is 2. The quantitative estimate of drug-likeness (QED) is 0.695. The second kappa shape index (κ2) is 6.53. The normalized spacial score (nSPS) is 11.2. The van der Waals surface area contributed by atoms with Crippen LogP contribution in [0.5, 0.6) is 0 Å². The Morgan fingerprint density at radius 2 is 1.45 bits per heavy atom. The largest absolute Gasteiger partial charge is 0.337 e. The number of aryl methyl sites for hydroxylation is 2. The Morgan fingerprint density at radius 3 is 1.91 bits per heavy atom. The van der Waals surface area contributed by atoms with Crippen LogP contribution in [0.3, 0.4) is 0 Å². The molecule has 0 atom stereocenters. The van der Waals surface area contributed by atoms with E-state index in [4.69, 9.17) is 0 Å². The maximum Gasteiger partial charge on any atom is 0.122 e. The van der Waals surface area contributed by atoms with Gasteiger partial charge < -0.3 is 9.13 Å². The molecule has 3 rings (SSSR count). The first-order valence-electron chi connectivity index (χ1n) is 7.27.